The number of carbonyl (C=O) groups is 1. The second-order valence-corrected chi connectivity index (χ2v) is 5.92. The van der Waals surface area contributed by atoms with Crippen LogP contribution in [-0.4, -0.2) is 11.0 Å². The van der Waals surface area contributed by atoms with Crippen molar-refractivity contribution in [2.75, 3.05) is 0 Å². The molecule has 6 heteroatoms. The van der Waals surface area contributed by atoms with E-state index in [0.29, 0.717) is 6.54 Å². The van der Waals surface area contributed by atoms with Gasteiger partial charge in [-0.05, 0) is 35.7 Å². The van der Waals surface area contributed by atoms with Gasteiger partial charge in [-0.3, -0.25) is 0 Å². The monoisotopic (exact) mass is 295 g/mol. The molecule has 0 aliphatic carbocycles. The van der Waals surface area contributed by atoms with Gasteiger partial charge in [0.15, 0.2) is 0 Å². The van der Waals surface area contributed by atoms with Crippen LogP contribution in [0.4, 0.5) is 4.79 Å². The summed E-state index contributed by atoms with van der Waals surface area (Å²) in [5.41, 5.74) is 2.12. The lowest BCUT2D eigenvalue weighted by Crippen LogP contribution is -2.37. The van der Waals surface area contributed by atoms with Gasteiger partial charge in [0.2, 0.25) is 0 Å². The van der Waals surface area contributed by atoms with Crippen LogP contribution in [0.25, 0.3) is 0 Å². The van der Waals surface area contributed by atoms with Crippen molar-refractivity contribution in [3.63, 3.8) is 0 Å². The van der Waals surface area contributed by atoms with Crippen molar-refractivity contribution >= 4 is 28.7 Å². The summed E-state index contributed by atoms with van der Waals surface area (Å²) in [4.78, 5) is 16.3. The minimum Gasteiger partial charge on any atom is -0.334 e. The van der Waals surface area contributed by atoms with Crippen LogP contribution in [0.15, 0.2) is 22.2 Å². The molecule has 2 aromatic rings. The minimum atomic E-state index is -0.147. The van der Waals surface area contributed by atoms with Gasteiger partial charge in [0.05, 0.1) is 6.04 Å². The molecule has 2 N–H and O–H groups in total. The first-order valence-corrected chi connectivity index (χ1v) is 7.98. The van der Waals surface area contributed by atoms with E-state index in [1.165, 1.54) is 0 Å². The molecule has 0 spiro atoms. The zero-order valence-corrected chi connectivity index (χ0v) is 12.6. The Morgan fingerprint density at radius 1 is 1.47 bits per heavy atom. The van der Waals surface area contributed by atoms with Crippen LogP contribution in [0, 0.1) is 6.92 Å². The molecule has 19 heavy (non-hydrogen) atoms. The number of amides is 2. The molecule has 0 aliphatic heterocycles. The van der Waals surface area contributed by atoms with Crippen molar-refractivity contribution in [3.8, 4) is 0 Å². The Balaban J connectivity index is 1.86. The molecule has 0 saturated carbocycles. The van der Waals surface area contributed by atoms with E-state index in [4.69, 9.17) is 0 Å². The normalized spacial score (nSPS) is 12.1. The van der Waals surface area contributed by atoms with Gasteiger partial charge in [-0.25, -0.2) is 9.78 Å². The Bertz CT molecular complexity index is 522. The minimum absolute atomic E-state index is 0.0128. The lowest BCUT2D eigenvalue weighted by atomic mass is 10.2. The number of thiazole rings is 1. The standard InChI is InChI=1S/C13H17N3OS2/c1-3-11(12-15-9(2)7-19-12)16-13(17)14-6-10-4-5-18-8-10/h4-5,7-8,11H,3,6H2,1-2H3,(H2,14,16,17). The highest BCUT2D eigenvalue weighted by Crippen LogP contribution is 2.20. The predicted octanol–water partition coefficient (Wildman–Crippen LogP) is 3.46. The third-order valence-electron chi connectivity index (χ3n) is 2.68. The molecule has 0 radical (unpaired) electrons. The highest BCUT2D eigenvalue weighted by Gasteiger charge is 2.15. The van der Waals surface area contributed by atoms with E-state index in [1.807, 2.05) is 36.1 Å². The van der Waals surface area contributed by atoms with Crippen LogP contribution in [0.1, 0.15) is 35.7 Å². The number of hydrogen-bond donors (Lipinski definition) is 2. The van der Waals surface area contributed by atoms with Gasteiger partial charge in [-0.2, -0.15) is 11.3 Å². The fourth-order valence-electron chi connectivity index (χ4n) is 1.66. The second kappa shape index (κ2) is 6.68. The summed E-state index contributed by atoms with van der Waals surface area (Å²) in [6.07, 6.45) is 0.832. The number of nitrogens with zero attached hydrogens (tertiary/aromatic N) is 1. The summed E-state index contributed by atoms with van der Waals surface area (Å²) in [5.74, 6) is 0. The molecule has 2 amide bonds. The second-order valence-electron chi connectivity index (χ2n) is 4.25. The van der Waals surface area contributed by atoms with Crippen molar-refractivity contribution in [2.45, 2.75) is 32.9 Å². The largest absolute Gasteiger partial charge is 0.334 e. The number of carbonyl (C=O) groups excluding carboxylic acids is 1. The molecular weight excluding hydrogens is 278 g/mol. The van der Waals surface area contributed by atoms with Crippen LogP contribution in [-0.2, 0) is 6.54 Å². The Morgan fingerprint density at radius 3 is 2.89 bits per heavy atom. The molecule has 0 aromatic carbocycles. The van der Waals surface area contributed by atoms with Gasteiger partial charge >= 0.3 is 6.03 Å². The van der Waals surface area contributed by atoms with Crippen molar-refractivity contribution in [1.82, 2.24) is 15.6 Å². The van der Waals surface area contributed by atoms with E-state index in [2.05, 4.69) is 15.6 Å². The number of aromatic nitrogens is 1. The number of rotatable bonds is 5. The summed E-state index contributed by atoms with van der Waals surface area (Å²) in [7, 11) is 0. The van der Waals surface area contributed by atoms with E-state index < -0.39 is 0 Å². The van der Waals surface area contributed by atoms with Gasteiger partial charge in [-0.15, -0.1) is 11.3 Å². The smallest absolute Gasteiger partial charge is 0.315 e. The van der Waals surface area contributed by atoms with Crippen molar-refractivity contribution in [2.24, 2.45) is 0 Å². The molecule has 2 heterocycles. The maximum Gasteiger partial charge on any atom is 0.315 e. The summed E-state index contributed by atoms with van der Waals surface area (Å²) >= 11 is 3.22. The highest BCUT2D eigenvalue weighted by molar-refractivity contribution is 7.09. The number of urea groups is 1. The average Bonchev–Trinajstić information content (AvgIpc) is 3.04. The van der Waals surface area contributed by atoms with E-state index >= 15 is 0 Å². The summed E-state index contributed by atoms with van der Waals surface area (Å²) in [6, 6.07) is 1.85. The van der Waals surface area contributed by atoms with Crippen LogP contribution in [0.2, 0.25) is 0 Å². The maximum atomic E-state index is 11.8. The fourth-order valence-corrected chi connectivity index (χ4v) is 3.25. The van der Waals surface area contributed by atoms with Crippen LogP contribution < -0.4 is 10.6 Å². The van der Waals surface area contributed by atoms with Crippen molar-refractivity contribution in [1.29, 1.82) is 0 Å². The van der Waals surface area contributed by atoms with Crippen molar-refractivity contribution in [3.05, 3.63) is 38.5 Å². The molecule has 4 nitrogen and oxygen atoms in total. The Kier molecular flexibility index (Phi) is 4.93. The number of aryl methyl sites for hydroxylation is 1. The van der Waals surface area contributed by atoms with E-state index in [1.54, 1.807) is 22.7 Å². The number of thiophene rings is 1. The third-order valence-corrected chi connectivity index (χ3v) is 4.49. The molecule has 1 unspecified atom stereocenters. The van der Waals surface area contributed by atoms with E-state index in [9.17, 15) is 4.79 Å². The molecule has 102 valence electrons. The quantitative estimate of drug-likeness (QED) is 0.887. The molecule has 2 rings (SSSR count). The first kappa shape index (κ1) is 14.0. The molecule has 0 bridgehead atoms. The fraction of sp³-hybridized carbons (Fsp3) is 0.385. The van der Waals surface area contributed by atoms with Crippen LogP contribution in [0.5, 0.6) is 0 Å². The lowest BCUT2D eigenvalue weighted by molar-refractivity contribution is 0.236. The van der Waals surface area contributed by atoms with Crippen molar-refractivity contribution < 1.29 is 4.79 Å². The van der Waals surface area contributed by atoms with Crippen LogP contribution >= 0.6 is 22.7 Å². The molecule has 0 saturated heterocycles. The lowest BCUT2D eigenvalue weighted by Gasteiger charge is -2.15. The first-order chi connectivity index (χ1) is 9.19. The molecule has 2 aromatic heterocycles. The SMILES string of the molecule is CCC(NC(=O)NCc1ccsc1)c1nc(C)cs1. The number of hydrogen-bond acceptors (Lipinski definition) is 4. The summed E-state index contributed by atoms with van der Waals surface area (Å²) in [5, 5.41) is 12.8. The third kappa shape index (κ3) is 4.04. The predicted molar refractivity (Wildman–Crippen MR) is 79.6 cm³/mol. The topological polar surface area (TPSA) is 54.0 Å². The first-order valence-electron chi connectivity index (χ1n) is 6.16. The van der Waals surface area contributed by atoms with Gasteiger partial charge in [0.25, 0.3) is 0 Å². The molecule has 1 atom stereocenters. The van der Waals surface area contributed by atoms with Gasteiger partial charge in [0, 0.05) is 17.6 Å². The Labute approximate surface area is 120 Å². The maximum absolute atomic E-state index is 11.8. The van der Waals surface area contributed by atoms with Gasteiger partial charge in [-0.1, -0.05) is 6.92 Å². The number of nitrogens with one attached hydrogen (secondary N) is 2. The highest BCUT2D eigenvalue weighted by atomic mass is 32.1. The summed E-state index contributed by atoms with van der Waals surface area (Å²) in [6.45, 7) is 4.56. The van der Waals surface area contributed by atoms with Gasteiger partial charge in [0.1, 0.15) is 5.01 Å². The van der Waals surface area contributed by atoms with Gasteiger partial charge < -0.3 is 10.6 Å². The zero-order valence-electron chi connectivity index (χ0n) is 11.0. The zero-order chi connectivity index (χ0) is 13.7. The molecule has 0 fully saturated rings. The molecular formula is C13H17N3OS2. The molecule has 0 aliphatic rings. The Morgan fingerprint density at radius 2 is 2.32 bits per heavy atom. The van der Waals surface area contributed by atoms with E-state index in [-0.39, 0.29) is 12.1 Å². The Hall–Kier alpha value is -1.40. The average molecular weight is 295 g/mol. The van der Waals surface area contributed by atoms with E-state index in [0.717, 1.165) is 22.7 Å². The summed E-state index contributed by atoms with van der Waals surface area (Å²) < 4.78 is 0. The van der Waals surface area contributed by atoms with Crippen LogP contribution in [0.3, 0.4) is 0 Å².